The number of nitro groups is 1. The van der Waals surface area contributed by atoms with Crippen molar-refractivity contribution in [1.82, 2.24) is 0 Å². The Bertz CT molecular complexity index is 1240. The van der Waals surface area contributed by atoms with Crippen LogP contribution in [0.15, 0.2) is 65.6 Å². The smallest absolute Gasteiger partial charge is 0.282 e. The van der Waals surface area contributed by atoms with Gasteiger partial charge in [0.1, 0.15) is 0 Å². The maximum absolute atomic E-state index is 11.5. The molecule has 3 aromatic carbocycles. The van der Waals surface area contributed by atoms with E-state index in [0.717, 1.165) is 23.2 Å². The molecule has 0 bridgehead atoms. The Morgan fingerprint density at radius 1 is 0.939 bits per heavy atom. The lowest BCUT2D eigenvalue weighted by Crippen LogP contribution is -2.31. The van der Waals surface area contributed by atoms with E-state index >= 15 is 0 Å². The number of nitrogens with one attached hydrogen (secondary N) is 1. The first-order chi connectivity index (χ1) is 15.9. The van der Waals surface area contributed by atoms with Crippen LogP contribution in [-0.2, 0) is 0 Å². The molecule has 5 atom stereocenters. The molecule has 170 valence electrons. The number of para-hydroxylation sites is 2. The number of hydrogen-bond acceptors (Lipinski definition) is 4. The largest absolute Gasteiger partial charge is 0.376 e. The first kappa shape index (κ1) is 23.1. The van der Waals surface area contributed by atoms with Crippen LogP contribution in [0, 0.1) is 16.0 Å². The Hall–Kier alpha value is -1.63. The molecular weight excluding hydrogens is 522 g/mol. The van der Waals surface area contributed by atoms with Gasteiger partial charge in [0.25, 0.3) is 5.69 Å². The van der Waals surface area contributed by atoms with Crippen molar-refractivity contribution in [2.75, 3.05) is 5.32 Å². The molecule has 0 saturated heterocycles. The lowest BCUT2D eigenvalue weighted by Gasteiger charge is -2.39. The van der Waals surface area contributed by atoms with Crippen molar-refractivity contribution in [3.8, 4) is 0 Å². The number of thioether (sulfide) groups is 1. The van der Waals surface area contributed by atoms with Crippen molar-refractivity contribution in [2.24, 2.45) is 5.92 Å². The van der Waals surface area contributed by atoms with Crippen molar-refractivity contribution in [2.45, 2.75) is 33.9 Å². The zero-order valence-electron chi connectivity index (χ0n) is 17.1. The normalized spacial score (nSPS) is 25.8. The van der Waals surface area contributed by atoms with Crippen LogP contribution in [-0.4, -0.2) is 15.6 Å². The number of fused-ring (bicyclic) bond motifs is 3. The summed E-state index contributed by atoms with van der Waals surface area (Å²) in [5.74, 6) is 0.108. The number of rotatable bonds is 4. The molecule has 1 aliphatic carbocycles. The number of benzene rings is 3. The van der Waals surface area contributed by atoms with E-state index in [1.807, 2.05) is 30.3 Å². The predicted octanol–water partition coefficient (Wildman–Crippen LogP) is 8.59. The molecule has 0 radical (unpaired) electrons. The quantitative estimate of drug-likeness (QED) is 0.205. The monoisotopic (exact) mass is 538 g/mol. The second-order valence-electron chi connectivity index (χ2n) is 8.22. The second-order valence-corrected chi connectivity index (χ2v) is 11.2. The second kappa shape index (κ2) is 9.20. The summed E-state index contributed by atoms with van der Waals surface area (Å²) in [5.41, 5.74) is 2.90. The fraction of sp³-hybridized carbons (Fsp3) is 0.250. The summed E-state index contributed by atoms with van der Waals surface area (Å²) in [6, 6.07) is 18.1. The molecule has 0 aromatic heterocycles. The zero-order valence-corrected chi connectivity index (χ0v) is 20.9. The molecule has 33 heavy (non-hydrogen) atoms. The zero-order chi connectivity index (χ0) is 23.3. The Morgan fingerprint density at radius 3 is 2.39 bits per heavy atom. The van der Waals surface area contributed by atoms with Crippen LogP contribution < -0.4 is 5.32 Å². The summed E-state index contributed by atoms with van der Waals surface area (Å²) in [7, 11) is 0. The van der Waals surface area contributed by atoms with E-state index in [-0.39, 0.29) is 39.1 Å². The van der Waals surface area contributed by atoms with E-state index in [9.17, 15) is 10.1 Å². The van der Waals surface area contributed by atoms with Gasteiger partial charge in [-0.1, -0.05) is 71.2 Å². The summed E-state index contributed by atoms with van der Waals surface area (Å²) in [6.45, 7) is 0. The predicted molar refractivity (Wildman–Crippen MR) is 138 cm³/mol. The average molecular weight is 540 g/mol. The van der Waals surface area contributed by atoms with Gasteiger partial charge in [-0.25, -0.2) is 0 Å². The third kappa shape index (κ3) is 4.08. The minimum Gasteiger partial charge on any atom is -0.376 e. The summed E-state index contributed by atoms with van der Waals surface area (Å²) in [4.78, 5) is 11.8. The summed E-state index contributed by atoms with van der Waals surface area (Å²) >= 11 is 28.1. The maximum Gasteiger partial charge on any atom is 0.282 e. The van der Waals surface area contributed by atoms with Gasteiger partial charge in [-0.2, -0.15) is 0 Å². The molecule has 1 heterocycles. The maximum atomic E-state index is 11.5. The van der Waals surface area contributed by atoms with E-state index in [2.05, 4.69) is 11.4 Å². The molecular formula is C24H18Cl4N2O2S. The third-order valence-corrected chi connectivity index (χ3v) is 9.71. The Morgan fingerprint density at radius 2 is 1.64 bits per heavy atom. The number of alkyl halides is 1. The highest BCUT2D eigenvalue weighted by Gasteiger charge is 2.51. The molecule has 1 fully saturated rings. The summed E-state index contributed by atoms with van der Waals surface area (Å²) in [5, 5.41) is 16.5. The minimum absolute atomic E-state index is 0.00179. The average Bonchev–Trinajstić information content (AvgIpc) is 3.12. The van der Waals surface area contributed by atoms with Gasteiger partial charge < -0.3 is 5.32 Å². The molecule has 1 saturated carbocycles. The van der Waals surface area contributed by atoms with Gasteiger partial charge in [0, 0.05) is 17.2 Å². The highest BCUT2D eigenvalue weighted by molar-refractivity contribution is 8.00. The van der Waals surface area contributed by atoms with Crippen molar-refractivity contribution >= 4 is 69.5 Å². The third-order valence-electron chi connectivity index (χ3n) is 6.45. The standard InChI is InChI=1S/C24H18Cl4N2O2S/c25-15-7-4-6-13(21(15)27)23-14-11-19(33-18-10-2-1-9-17(18)30(31)32)22(28)20(14)12-5-3-8-16(26)24(12)29-23/h1-10,14,19-20,22-23,29H,11H2/t14-,19+,20-,22+,23-/m0/s1. The molecule has 0 spiro atoms. The van der Waals surface area contributed by atoms with Crippen LogP contribution in [0.5, 0.6) is 0 Å². The number of anilines is 1. The summed E-state index contributed by atoms with van der Waals surface area (Å²) in [6.07, 6.45) is 0.752. The van der Waals surface area contributed by atoms with Crippen LogP contribution in [0.3, 0.4) is 0 Å². The van der Waals surface area contributed by atoms with Crippen LogP contribution >= 0.6 is 58.2 Å². The Balaban J connectivity index is 1.57. The van der Waals surface area contributed by atoms with E-state index in [1.54, 1.807) is 18.2 Å². The highest BCUT2D eigenvalue weighted by Crippen LogP contribution is 2.59. The number of nitrogens with zero attached hydrogens (tertiary/aromatic N) is 1. The Labute approximate surface area is 215 Å². The summed E-state index contributed by atoms with van der Waals surface area (Å²) < 4.78 is 0. The molecule has 4 nitrogen and oxygen atoms in total. The van der Waals surface area contributed by atoms with Crippen molar-refractivity contribution in [3.05, 3.63) is 97.0 Å². The molecule has 1 aliphatic heterocycles. The molecule has 5 rings (SSSR count). The lowest BCUT2D eigenvalue weighted by atomic mass is 9.77. The van der Waals surface area contributed by atoms with E-state index < -0.39 is 0 Å². The number of nitro benzene ring substituents is 1. The van der Waals surface area contributed by atoms with Gasteiger partial charge in [0.2, 0.25) is 0 Å². The van der Waals surface area contributed by atoms with E-state index in [4.69, 9.17) is 46.4 Å². The van der Waals surface area contributed by atoms with Crippen LogP contribution in [0.4, 0.5) is 11.4 Å². The molecule has 2 aliphatic rings. The van der Waals surface area contributed by atoms with Crippen LogP contribution in [0.1, 0.15) is 29.5 Å². The lowest BCUT2D eigenvalue weighted by molar-refractivity contribution is -0.387. The minimum atomic E-state index is -0.348. The molecule has 1 N–H and O–H groups in total. The van der Waals surface area contributed by atoms with E-state index in [0.29, 0.717) is 20.0 Å². The van der Waals surface area contributed by atoms with Crippen LogP contribution in [0.2, 0.25) is 15.1 Å². The first-order valence-electron chi connectivity index (χ1n) is 10.4. The van der Waals surface area contributed by atoms with Gasteiger partial charge in [0.15, 0.2) is 0 Å². The fourth-order valence-corrected chi connectivity index (χ4v) is 7.65. The first-order valence-corrected chi connectivity index (χ1v) is 12.8. The van der Waals surface area contributed by atoms with Gasteiger partial charge in [-0.15, -0.1) is 23.4 Å². The van der Waals surface area contributed by atoms with Gasteiger partial charge in [-0.3, -0.25) is 10.1 Å². The number of hydrogen-bond donors (Lipinski definition) is 1. The molecule has 9 heteroatoms. The van der Waals surface area contributed by atoms with Crippen molar-refractivity contribution in [1.29, 1.82) is 0 Å². The SMILES string of the molecule is O=[N+]([O-])c1ccccc1S[C@@H]1C[C@H]2[C@H](c3cccc(Cl)c3N[C@H]2c2cccc(Cl)c2Cl)[C@@H]1Cl. The van der Waals surface area contributed by atoms with Gasteiger partial charge >= 0.3 is 0 Å². The van der Waals surface area contributed by atoms with E-state index in [1.165, 1.54) is 17.8 Å². The van der Waals surface area contributed by atoms with Crippen molar-refractivity contribution in [3.63, 3.8) is 0 Å². The van der Waals surface area contributed by atoms with Crippen LogP contribution in [0.25, 0.3) is 0 Å². The molecule has 0 amide bonds. The van der Waals surface area contributed by atoms with Gasteiger partial charge in [0.05, 0.1) is 42.0 Å². The Kier molecular flexibility index (Phi) is 6.45. The topological polar surface area (TPSA) is 55.2 Å². The van der Waals surface area contributed by atoms with Gasteiger partial charge in [-0.05, 0) is 41.7 Å². The molecule has 3 aromatic rings. The highest BCUT2D eigenvalue weighted by atomic mass is 35.5. The fourth-order valence-electron chi connectivity index (χ4n) is 5.04. The molecule has 0 unspecified atom stereocenters. The number of halogens is 4. The van der Waals surface area contributed by atoms with Crippen molar-refractivity contribution < 1.29 is 4.92 Å².